The molecule has 0 saturated carbocycles. The van der Waals surface area contributed by atoms with Crippen molar-refractivity contribution in [1.29, 1.82) is 0 Å². The second-order valence-electron chi connectivity index (χ2n) is 5.25. The van der Waals surface area contributed by atoms with Crippen LogP contribution in [0.5, 0.6) is 0 Å². The van der Waals surface area contributed by atoms with E-state index in [2.05, 4.69) is 21.4 Å². The molecule has 5 nitrogen and oxygen atoms in total. The maximum Gasteiger partial charge on any atom is 0.326 e. The molecule has 0 bridgehead atoms. The molecule has 0 radical (unpaired) electrons. The fourth-order valence-corrected chi connectivity index (χ4v) is 2.79. The number of aromatic nitrogens is 2. The van der Waals surface area contributed by atoms with E-state index in [-0.39, 0.29) is 6.03 Å². The van der Waals surface area contributed by atoms with Crippen LogP contribution in [0.2, 0.25) is 0 Å². The minimum Gasteiger partial charge on any atom is -0.306 e. The Morgan fingerprint density at radius 3 is 2.95 bits per heavy atom. The summed E-state index contributed by atoms with van der Waals surface area (Å²) in [7, 11) is 0. The number of carbonyl (C=O) groups excluding carboxylic acids is 1. The lowest BCUT2D eigenvalue weighted by atomic mass is 10.1. The van der Waals surface area contributed by atoms with E-state index in [9.17, 15) is 4.79 Å². The summed E-state index contributed by atoms with van der Waals surface area (Å²) < 4.78 is 0. The first-order valence-electron chi connectivity index (χ1n) is 7.17. The van der Waals surface area contributed by atoms with Gasteiger partial charge in [-0.05, 0) is 42.3 Å². The van der Waals surface area contributed by atoms with Crippen molar-refractivity contribution in [2.24, 2.45) is 0 Å². The lowest BCUT2D eigenvalue weighted by molar-refractivity contribution is 0.257. The highest BCUT2D eigenvalue weighted by Gasteiger charge is 2.25. The Hall–Kier alpha value is -2.95. The smallest absolute Gasteiger partial charge is 0.306 e. The summed E-state index contributed by atoms with van der Waals surface area (Å²) in [5, 5.41) is 3.93. The van der Waals surface area contributed by atoms with Gasteiger partial charge >= 0.3 is 6.03 Å². The molecule has 0 unspecified atom stereocenters. The van der Waals surface area contributed by atoms with Gasteiger partial charge in [0.1, 0.15) is 0 Å². The third-order valence-corrected chi connectivity index (χ3v) is 3.86. The van der Waals surface area contributed by atoms with E-state index in [4.69, 9.17) is 0 Å². The van der Waals surface area contributed by atoms with Crippen LogP contribution in [0.3, 0.4) is 0 Å². The number of nitrogens with one attached hydrogen (secondary N) is 1. The van der Waals surface area contributed by atoms with Crippen LogP contribution >= 0.6 is 0 Å². The van der Waals surface area contributed by atoms with Gasteiger partial charge in [0, 0.05) is 30.0 Å². The monoisotopic (exact) mass is 290 g/mol. The molecule has 3 aromatic rings. The number of urea groups is 1. The molecule has 2 amide bonds. The third-order valence-electron chi connectivity index (χ3n) is 3.86. The zero-order valence-electron chi connectivity index (χ0n) is 11.9. The van der Waals surface area contributed by atoms with Crippen LogP contribution in [0, 0.1) is 0 Å². The van der Waals surface area contributed by atoms with Gasteiger partial charge < -0.3 is 5.32 Å². The standard InChI is InChI=1S/C17H14N4O/c22-17(20-14-4-2-6-18-11-14)21-8-5-13-9-15-12(10-16(13)21)3-1-7-19-15/h1-4,6-7,9-11H,5,8H2,(H,20,22). The van der Waals surface area contributed by atoms with Crippen LogP contribution < -0.4 is 10.2 Å². The zero-order valence-corrected chi connectivity index (χ0v) is 11.9. The topological polar surface area (TPSA) is 58.1 Å². The van der Waals surface area contributed by atoms with Crippen molar-refractivity contribution in [3.63, 3.8) is 0 Å². The summed E-state index contributed by atoms with van der Waals surface area (Å²) in [4.78, 5) is 22.6. The number of nitrogens with zero attached hydrogens (tertiary/aromatic N) is 3. The number of anilines is 2. The number of hydrogen-bond donors (Lipinski definition) is 1. The van der Waals surface area contributed by atoms with Gasteiger partial charge in [-0.3, -0.25) is 14.9 Å². The molecule has 0 atom stereocenters. The Labute approximate surface area is 127 Å². The number of hydrogen-bond acceptors (Lipinski definition) is 3. The van der Waals surface area contributed by atoms with E-state index >= 15 is 0 Å². The van der Waals surface area contributed by atoms with E-state index in [1.807, 2.05) is 24.3 Å². The first-order valence-corrected chi connectivity index (χ1v) is 7.17. The van der Waals surface area contributed by atoms with Crippen LogP contribution in [-0.2, 0) is 6.42 Å². The maximum absolute atomic E-state index is 12.5. The zero-order chi connectivity index (χ0) is 14.9. The molecule has 5 heteroatoms. The largest absolute Gasteiger partial charge is 0.326 e. The van der Waals surface area contributed by atoms with Crippen molar-refractivity contribution in [2.45, 2.75) is 6.42 Å². The summed E-state index contributed by atoms with van der Waals surface area (Å²) >= 11 is 0. The molecule has 0 saturated heterocycles. The fourth-order valence-electron chi connectivity index (χ4n) is 2.79. The molecule has 22 heavy (non-hydrogen) atoms. The Bertz CT molecular complexity index is 848. The highest BCUT2D eigenvalue weighted by molar-refractivity contribution is 6.04. The molecular formula is C17H14N4O. The van der Waals surface area contributed by atoms with Gasteiger partial charge in [0.15, 0.2) is 0 Å². The average molecular weight is 290 g/mol. The van der Waals surface area contributed by atoms with Gasteiger partial charge in [-0.15, -0.1) is 0 Å². The van der Waals surface area contributed by atoms with Gasteiger partial charge in [-0.2, -0.15) is 0 Å². The maximum atomic E-state index is 12.5. The number of fused-ring (bicyclic) bond motifs is 2. The Morgan fingerprint density at radius 2 is 2.09 bits per heavy atom. The number of pyridine rings is 2. The van der Waals surface area contributed by atoms with Crippen LogP contribution in [0.1, 0.15) is 5.56 Å². The molecule has 0 spiro atoms. The highest BCUT2D eigenvalue weighted by atomic mass is 16.2. The normalized spacial score (nSPS) is 13.2. The van der Waals surface area contributed by atoms with E-state index in [1.54, 1.807) is 29.6 Å². The predicted molar refractivity (Wildman–Crippen MR) is 86.0 cm³/mol. The lowest BCUT2D eigenvalue weighted by Crippen LogP contribution is -2.33. The third kappa shape index (κ3) is 2.16. The summed E-state index contributed by atoms with van der Waals surface area (Å²) in [5.41, 5.74) is 3.79. The van der Waals surface area contributed by atoms with Crippen LogP contribution in [0.4, 0.5) is 16.2 Å². The van der Waals surface area contributed by atoms with Crippen molar-refractivity contribution >= 4 is 28.3 Å². The molecule has 1 aliphatic rings. The van der Waals surface area contributed by atoms with Gasteiger partial charge in [-0.25, -0.2) is 4.79 Å². The molecule has 2 aromatic heterocycles. The highest BCUT2D eigenvalue weighted by Crippen LogP contribution is 2.32. The molecule has 1 aliphatic heterocycles. The van der Waals surface area contributed by atoms with Crippen molar-refractivity contribution in [3.8, 4) is 0 Å². The van der Waals surface area contributed by atoms with Crippen LogP contribution in [0.25, 0.3) is 10.9 Å². The number of benzene rings is 1. The Morgan fingerprint density at radius 1 is 1.18 bits per heavy atom. The summed E-state index contributed by atoms with van der Waals surface area (Å²) in [6, 6.07) is 11.5. The van der Waals surface area contributed by atoms with Crippen molar-refractivity contribution in [3.05, 3.63) is 60.6 Å². The number of amides is 2. The molecule has 1 N–H and O–H groups in total. The lowest BCUT2D eigenvalue weighted by Gasteiger charge is -2.18. The van der Waals surface area contributed by atoms with Crippen molar-refractivity contribution < 1.29 is 4.79 Å². The summed E-state index contributed by atoms with van der Waals surface area (Å²) in [5.74, 6) is 0. The first kappa shape index (κ1) is 12.8. The summed E-state index contributed by atoms with van der Waals surface area (Å²) in [6.45, 7) is 0.678. The minimum atomic E-state index is -0.130. The minimum absolute atomic E-state index is 0.130. The quantitative estimate of drug-likeness (QED) is 0.748. The van der Waals surface area contributed by atoms with Crippen molar-refractivity contribution in [2.75, 3.05) is 16.8 Å². The molecule has 108 valence electrons. The Balaban J connectivity index is 1.66. The van der Waals surface area contributed by atoms with Gasteiger partial charge in [0.05, 0.1) is 17.4 Å². The van der Waals surface area contributed by atoms with Gasteiger partial charge in [-0.1, -0.05) is 6.07 Å². The molecule has 4 rings (SSSR count). The molecule has 0 aliphatic carbocycles. The number of carbonyl (C=O) groups is 1. The molecule has 3 heterocycles. The van der Waals surface area contributed by atoms with E-state index in [0.717, 1.165) is 28.6 Å². The molecule has 0 fully saturated rings. The van der Waals surface area contributed by atoms with E-state index in [1.165, 1.54) is 0 Å². The summed E-state index contributed by atoms with van der Waals surface area (Å²) in [6.07, 6.45) is 5.96. The van der Waals surface area contributed by atoms with Crippen LogP contribution in [-0.4, -0.2) is 22.5 Å². The second kappa shape index (κ2) is 5.11. The van der Waals surface area contributed by atoms with Crippen LogP contribution in [0.15, 0.2) is 55.0 Å². The van der Waals surface area contributed by atoms with E-state index in [0.29, 0.717) is 12.2 Å². The number of rotatable bonds is 1. The van der Waals surface area contributed by atoms with Crippen molar-refractivity contribution in [1.82, 2.24) is 9.97 Å². The second-order valence-corrected chi connectivity index (χ2v) is 5.25. The SMILES string of the molecule is O=C(Nc1cccnc1)N1CCc2cc3ncccc3cc21. The van der Waals surface area contributed by atoms with Gasteiger partial charge in [0.2, 0.25) is 0 Å². The fraction of sp³-hybridized carbons (Fsp3) is 0.118. The Kier molecular flexibility index (Phi) is 2.96. The first-order chi connectivity index (χ1) is 10.8. The molecule has 1 aromatic carbocycles. The average Bonchev–Trinajstić information content (AvgIpc) is 2.96. The van der Waals surface area contributed by atoms with E-state index < -0.39 is 0 Å². The molecular weight excluding hydrogens is 276 g/mol. The van der Waals surface area contributed by atoms with Gasteiger partial charge in [0.25, 0.3) is 0 Å². The predicted octanol–water partition coefficient (Wildman–Crippen LogP) is 3.22.